The minimum absolute atomic E-state index is 0.0995. The Balaban J connectivity index is 2.03. The van der Waals surface area contributed by atoms with Crippen LogP contribution in [0, 0.1) is 5.92 Å². The largest absolute Gasteiger partial charge is 0.381 e. The summed E-state index contributed by atoms with van der Waals surface area (Å²) in [6.07, 6.45) is 3.63. The van der Waals surface area contributed by atoms with Gasteiger partial charge in [0.15, 0.2) is 0 Å². The quantitative estimate of drug-likeness (QED) is 0.660. The predicted octanol–water partition coefficient (Wildman–Crippen LogP) is 0.919. The molecule has 1 spiro atoms. The van der Waals surface area contributed by atoms with Crippen LogP contribution in [0.15, 0.2) is 0 Å². The van der Waals surface area contributed by atoms with E-state index in [2.05, 4.69) is 6.92 Å². The Bertz CT molecular complexity index is 186. The lowest BCUT2D eigenvalue weighted by atomic mass is 9.82. The van der Waals surface area contributed by atoms with E-state index < -0.39 is 0 Å². The second-order valence-corrected chi connectivity index (χ2v) is 4.30. The molecule has 2 rings (SSSR count). The first kappa shape index (κ1) is 9.44. The van der Waals surface area contributed by atoms with Crippen LogP contribution in [0.25, 0.3) is 0 Å². The lowest BCUT2D eigenvalue weighted by Gasteiger charge is -2.39. The standard InChI is InChI=1S/C10H19NO2/c1-8-7-12-5-4-10(8)3-2-9(6-11)13-10/h8-9H,2-7,11H2,1H3. The fourth-order valence-electron chi connectivity index (χ4n) is 2.47. The van der Waals surface area contributed by atoms with E-state index in [0.29, 0.717) is 18.6 Å². The van der Waals surface area contributed by atoms with Crippen LogP contribution in [0.2, 0.25) is 0 Å². The monoisotopic (exact) mass is 185 g/mol. The smallest absolute Gasteiger partial charge is 0.0757 e. The Morgan fingerprint density at radius 1 is 1.46 bits per heavy atom. The van der Waals surface area contributed by atoms with E-state index in [-0.39, 0.29) is 5.60 Å². The molecule has 3 heteroatoms. The lowest BCUT2D eigenvalue weighted by Crippen LogP contribution is -2.44. The third kappa shape index (κ3) is 1.60. The topological polar surface area (TPSA) is 44.5 Å². The van der Waals surface area contributed by atoms with Gasteiger partial charge in [-0.2, -0.15) is 0 Å². The molecule has 2 aliphatic rings. The molecule has 0 bridgehead atoms. The SMILES string of the molecule is CC1COCCC12CCC(CN)O2. The van der Waals surface area contributed by atoms with Gasteiger partial charge in [-0.05, 0) is 12.8 Å². The van der Waals surface area contributed by atoms with Crippen molar-refractivity contribution in [2.45, 2.75) is 37.9 Å². The highest BCUT2D eigenvalue weighted by molar-refractivity contribution is 4.94. The zero-order valence-electron chi connectivity index (χ0n) is 8.29. The molecule has 2 heterocycles. The van der Waals surface area contributed by atoms with Gasteiger partial charge >= 0.3 is 0 Å². The summed E-state index contributed by atoms with van der Waals surface area (Å²) in [5.41, 5.74) is 5.71. The molecule has 2 saturated heterocycles. The molecule has 0 saturated carbocycles. The van der Waals surface area contributed by atoms with E-state index in [4.69, 9.17) is 15.2 Å². The first-order valence-electron chi connectivity index (χ1n) is 5.22. The van der Waals surface area contributed by atoms with Crippen molar-refractivity contribution in [3.8, 4) is 0 Å². The van der Waals surface area contributed by atoms with Gasteiger partial charge in [-0.15, -0.1) is 0 Å². The maximum absolute atomic E-state index is 6.05. The van der Waals surface area contributed by atoms with Gasteiger partial charge in [-0.25, -0.2) is 0 Å². The summed E-state index contributed by atoms with van der Waals surface area (Å²) in [6, 6.07) is 0. The zero-order chi connectivity index (χ0) is 9.31. The van der Waals surface area contributed by atoms with Gasteiger partial charge in [-0.1, -0.05) is 6.92 Å². The third-order valence-corrected chi connectivity index (χ3v) is 3.49. The van der Waals surface area contributed by atoms with Crippen molar-refractivity contribution >= 4 is 0 Å². The molecule has 0 amide bonds. The first-order valence-corrected chi connectivity index (χ1v) is 5.22. The highest BCUT2D eigenvalue weighted by Crippen LogP contribution is 2.41. The fourth-order valence-corrected chi connectivity index (χ4v) is 2.47. The summed E-state index contributed by atoms with van der Waals surface area (Å²) in [5, 5.41) is 0. The summed E-state index contributed by atoms with van der Waals surface area (Å²) >= 11 is 0. The number of nitrogens with two attached hydrogens (primary N) is 1. The van der Waals surface area contributed by atoms with Crippen LogP contribution >= 0.6 is 0 Å². The first-order chi connectivity index (χ1) is 6.27. The van der Waals surface area contributed by atoms with Crippen molar-refractivity contribution in [2.75, 3.05) is 19.8 Å². The summed E-state index contributed by atoms with van der Waals surface area (Å²) in [6.45, 7) is 4.58. The van der Waals surface area contributed by atoms with E-state index in [0.717, 1.165) is 26.1 Å². The molecule has 0 aromatic rings. The molecule has 0 aromatic carbocycles. The van der Waals surface area contributed by atoms with Crippen LogP contribution in [-0.2, 0) is 9.47 Å². The van der Waals surface area contributed by atoms with Crippen LogP contribution < -0.4 is 5.73 Å². The average molecular weight is 185 g/mol. The molecule has 2 aliphatic heterocycles. The predicted molar refractivity (Wildman–Crippen MR) is 50.5 cm³/mol. The number of ether oxygens (including phenoxy) is 2. The van der Waals surface area contributed by atoms with Crippen molar-refractivity contribution in [2.24, 2.45) is 11.7 Å². The Hall–Kier alpha value is -0.120. The summed E-state index contributed by atoms with van der Waals surface area (Å²) < 4.78 is 11.5. The van der Waals surface area contributed by atoms with Crippen LogP contribution in [-0.4, -0.2) is 31.5 Å². The van der Waals surface area contributed by atoms with Crippen molar-refractivity contribution in [3.63, 3.8) is 0 Å². The van der Waals surface area contributed by atoms with Gasteiger partial charge in [0.25, 0.3) is 0 Å². The number of hydrogen-bond donors (Lipinski definition) is 1. The molecule has 76 valence electrons. The second kappa shape index (κ2) is 3.56. The van der Waals surface area contributed by atoms with E-state index >= 15 is 0 Å². The van der Waals surface area contributed by atoms with Crippen molar-refractivity contribution in [1.29, 1.82) is 0 Å². The Kier molecular flexibility index (Phi) is 2.58. The maximum Gasteiger partial charge on any atom is 0.0757 e. The van der Waals surface area contributed by atoms with Crippen molar-refractivity contribution < 1.29 is 9.47 Å². The van der Waals surface area contributed by atoms with Crippen LogP contribution in [0.5, 0.6) is 0 Å². The molecular weight excluding hydrogens is 166 g/mol. The van der Waals surface area contributed by atoms with Gasteiger partial charge in [0.2, 0.25) is 0 Å². The van der Waals surface area contributed by atoms with Gasteiger partial charge in [0.05, 0.1) is 18.3 Å². The van der Waals surface area contributed by atoms with Crippen LogP contribution in [0.1, 0.15) is 26.2 Å². The highest BCUT2D eigenvalue weighted by atomic mass is 16.5. The molecule has 0 aliphatic carbocycles. The number of rotatable bonds is 1. The normalized spacial score (nSPS) is 45.7. The molecule has 3 atom stereocenters. The molecule has 13 heavy (non-hydrogen) atoms. The van der Waals surface area contributed by atoms with E-state index in [1.807, 2.05) is 0 Å². The fraction of sp³-hybridized carbons (Fsp3) is 1.00. The molecule has 2 N–H and O–H groups in total. The molecule has 0 radical (unpaired) electrons. The minimum Gasteiger partial charge on any atom is -0.381 e. The molecule has 0 aromatic heterocycles. The second-order valence-electron chi connectivity index (χ2n) is 4.30. The molecule has 3 nitrogen and oxygen atoms in total. The molecular formula is C10H19NO2. The van der Waals surface area contributed by atoms with Crippen LogP contribution in [0.4, 0.5) is 0 Å². The van der Waals surface area contributed by atoms with Crippen molar-refractivity contribution in [3.05, 3.63) is 0 Å². The zero-order valence-corrected chi connectivity index (χ0v) is 8.29. The Morgan fingerprint density at radius 3 is 2.92 bits per heavy atom. The maximum atomic E-state index is 6.05. The third-order valence-electron chi connectivity index (χ3n) is 3.49. The van der Waals surface area contributed by atoms with Gasteiger partial charge in [-0.3, -0.25) is 0 Å². The van der Waals surface area contributed by atoms with E-state index in [1.165, 1.54) is 6.42 Å². The lowest BCUT2D eigenvalue weighted by molar-refractivity contribution is -0.136. The van der Waals surface area contributed by atoms with Crippen LogP contribution in [0.3, 0.4) is 0 Å². The van der Waals surface area contributed by atoms with Crippen molar-refractivity contribution in [1.82, 2.24) is 0 Å². The molecule has 3 unspecified atom stereocenters. The highest BCUT2D eigenvalue weighted by Gasteiger charge is 2.45. The summed E-state index contributed by atoms with van der Waals surface area (Å²) in [4.78, 5) is 0. The average Bonchev–Trinajstić information content (AvgIpc) is 2.56. The molecule has 2 fully saturated rings. The Morgan fingerprint density at radius 2 is 2.31 bits per heavy atom. The van der Waals surface area contributed by atoms with E-state index in [1.54, 1.807) is 0 Å². The number of hydrogen-bond acceptors (Lipinski definition) is 3. The minimum atomic E-state index is 0.0995. The van der Waals surface area contributed by atoms with Gasteiger partial charge in [0.1, 0.15) is 0 Å². The van der Waals surface area contributed by atoms with Gasteiger partial charge in [0, 0.05) is 25.5 Å². The Labute approximate surface area is 79.6 Å². The summed E-state index contributed by atoms with van der Waals surface area (Å²) in [5.74, 6) is 0.526. The summed E-state index contributed by atoms with van der Waals surface area (Å²) in [7, 11) is 0. The van der Waals surface area contributed by atoms with E-state index in [9.17, 15) is 0 Å². The van der Waals surface area contributed by atoms with Gasteiger partial charge < -0.3 is 15.2 Å².